The van der Waals surface area contributed by atoms with E-state index in [1.807, 2.05) is 29.2 Å². The van der Waals surface area contributed by atoms with Gasteiger partial charge in [-0.3, -0.25) is 9.69 Å². The van der Waals surface area contributed by atoms with Gasteiger partial charge in [0.2, 0.25) is 5.91 Å². The Morgan fingerprint density at radius 3 is 1.92 bits per heavy atom. The number of aryl methyl sites for hydroxylation is 2. The molecular formula is C21H26N2O. The van der Waals surface area contributed by atoms with Gasteiger partial charge in [0.25, 0.3) is 0 Å². The van der Waals surface area contributed by atoms with Gasteiger partial charge in [-0.2, -0.15) is 0 Å². The predicted molar refractivity (Wildman–Crippen MR) is 99.4 cm³/mol. The third-order valence-electron chi connectivity index (χ3n) is 4.99. The van der Waals surface area contributed by atoms with Gasteiger partial charge in [-0.15, -0.1) is 0 Å². The fraction of sp³-hybridized carbons (Fsp3) is 0.381. The number of carbonyl (C=O) groups is 1. The second kappa shape index (κ2) is 7.18. The van der Waals surface area contributed by atoms with Gasteiger partial charge in [0, 0.05) is 5.92 Å². The van der Waals surface area contributed by atoms with Gasteiger partial charge in [0.05, 0.1) is 11.4 Å². The smallest absolute Gasteiger partial charge is 0.235 e. The van der Waals surface area contributed by atoms with Crippen molar-refractivity contribution in [2.24, 2.45) is 17.6 Å². The molecule has 3 rings (SSSR count). The summed E-state index contributed by atoms with van der Waals surface area (Å²) in [7, 11) is 0. The molecule has 2 aromatic rings. The number of rotatable bonds is 6. The maximum Gasteiger partial charge on any atom is 0.235 e. The van der Waals surface area contributed by atoms with Crippen LogP contribution in [-0.2, 0) is 17.6 Å². The first-order valence-electron chi connectivity index (χ1n) is 8.91. The molecule has 0 aromatic heterocycles. The zero-order valence-electron chi connectivity index (χ0n) is 14.5. The molecule has 2 atom stereocenters. The Morgan fingerprint density at radius 1 is 1.00 bits per heavy atom. The Morgan fingerprint density at radius 2 is 1.50 bits per heavy atom. The SMILES string of the molecule is CCc1ccccc1N(C(=O)C1CC1CN)c1ccccc1CC. The van der Waals surface area contributed by atoms with Crippen molar-refractivity contribution in [2.75, 3.05) is 11.4 Å². The largest absolute Gasteiger partial charge is 0.330 e. The molecule has 0 saturated heterocycles. The average molecular weight is 322 g/mol. The van der Waals surface area contributed by atoms with Crippen LogP contribution in [0.15, 0.2) is 48.5 Å². The highest BCUT2D eigenvalue weighted by Crippen LogP contribution is 2.43. The number of hydrogen-bond donors (Lipinski definition) is 1. The molecule has 0 bridgehead atoms. The van der Waals surface area contributed by atoms with Gasteiger partial charge in [-0.05, 0) is 55.0 Å². The van der Waals surface area contributed by atoms with E-state index in [9.17, 15) is 4.79 Å². The molecule has 1 fully saturated rings. The molecule has 3 nitrogen and oxygen atoms in total. The summed E-state index contributed by atoms with van der Waals surface area (Å²) >= 11 is 0. The molecule has 0 radical (unpaired) electrons. The van der Waals surface area contributed by atoms with Gasteiger partial charge in [0.1, 0.15) is 0 Å². The molecule has 1 aliphatic rings. The number of anilines is 2. The molecule has 24 heavy (non-hydrogen) atoms. The molecule has 1 aliphatic carbocycles. The van der Waals surface area contributed by atoms with Gasteiger partial charge in [-0.25, -0.2) is 0 Å². The van der Waals surface area contributed by atoms with Crippen molar-refractivity contribution in [1.82, 2.24) is 0 Å². The second-order valence-corrected chi connectivity index (χ2v) is 6.48. The van der Waals surface area contributed by atoms with Crippen molar-refractivity contribution >= 4 is 17.3 Å². The molecule has 0 aliphatic heterocycles. The monoisotopic (exact) mass is 322 g/mol. The molecular weight excluding hydrogens is 296 g/mol. The van der Waals surface area contributed by atoms with Crippen molar-refractivity contribution in [3.05, 3.63) is 59.7 Å². The third kappa shape index (κ3) is 3.09. The van der Waals surface area contributed by atoms with E-state index in [-0.39, 0.29) is 11.8 Å². The van der Waals surface area contributed by atoms with E-state index in [0.29, 0.717) is 12.5 Å². The van der Waals surface area contributed by atoms with E-state index >= 15 is 0 Å². The number of amides is 1. The standard InChI is InChI=1S/C21H26N2O/c1-3-15-9-5-7-11-19(15)23(21(24)18-13-17(18)14-22)20-12-8-6-10-16(20)4-2/h5-12,17-18H,3-4,13-14,22H2,1-2H3. The average Bonchev–Trinajstić information content (AvgIpc) is 3.42. The lowest BCUT2D eigenvalue weighted by molar-refractivity contribution is -0.119. The first kappa shape index (κ1) is 16.7. The fourth-order valence-corrected chi connectivity index (χ4v) is 3.40. The number of nitrogens with two attached hydrogens (primary N) is 1. The van der Waals surface area contributed by atoms with E-state index in [1.165, 1.54) is 11.1 Å². The van der Waals surface area contributed by atoms with E-state index in [1.54, 1.807) is 0 Å². The van der Waals surface area contributed by atoms with Crippen LogP contribution in [0.1, 0.15) is 31.4 Å². The summed E-state index contributed by atoms with van der Waals surface area (Å²) in [5.41, 5.74) is 10.2. The predicted octanol–water partition coefficient (Wildman–Crippen LogP) is 4.07. The highest BCUT2D eigenvalue weighted by Gasteiger charge is 2.45. The van der Waals surface area contributed by atoms with Crippen molar-refractivity contribution in [3.8, 4) is 0 Å². The zero-order valence-corrected chi connectivity index (χ0v) is 14.5. The number of hydrogen-bond acceptors (Lipinski definition) is 2. The maximum absolute atomic E-state index is 13.3. The molecule has 0 heterocycles. The van der Waals surface area contributed by atoms with Crippen LogP contribution in [-0.4, -0.2) is 12.5 Å². The van der Waals surface area contributed by atoms with Crippen LogP contribution in [0.25, 0.3) is 0 Å². The maximum atomic E-state index is 13.3. The molecule has 2 unspecified atom stereocenters. The van der Waals surface area contributed by atoms with Crippen molar-refractivity contribution in [1.29, 1.82) is 0 Å². The van der Waals surface area contributed by atoms with Crippen LogP contribution in [0.5, 0.6) is 0 Å². The highest BCUT2D eigenvalue weighted by atomic mass is 16.2. The van der Waals surface area contributed by atoms with E-state index in [4.69, 9.17) is 5.73 Å². The molecule has 2 N–H and O–H groups in total. The minimum atomic E-state index is 0.0600. The summed E-state index contributed by atoms with van der Waals surface area (Å²) in [6.07, 6.45) is 2.72. The first-order valence-corrected chi connectivity index (χ1v) is 8.91. The zero-order chi connectivity index (χ0) is 17.1. The van der Waals surface area contributed by atoms with Crippen LogP contribution in [0.4, 0.5) is 11.4 Å². The lowest BCUT2D eigenvalue weighted by atomic mass is 10.0. The summed E-state index contributed by atoms with van der Waals surface area (Å²) in [6.45, 7) is 4.86. The van der Waals surface area contributed by atoms with Crippen LogP contribution in [0.2, 0.25) is 0 Å². The minimum Gasteiger partial charge on any atom is -0.330 e. The fourth-order valence-electron chi connectivity index (χ4n) is 3.40. The van der Waals surface area contributed by atoms with Crippen molar-refractivity contribution < 1.29 is 4.79 Å². The van der Waals surface area contributed by atoms with E-state index in [0.717, 1.165) is 30.6 Å². The van der Waals surface area contributed by atoms with E-state index in [2.05, 4.69) is 38.1 Å². The Kier molecular flexibility index (Phi) is 5.00. The summed E-state index contributed by atoms with van der Waals surface area (Å²) in [5, 5.41) is 0. The molecule has 1 saturated carbocycles. The quantitative estimate of drug-likeness (QED) is 0.871. The summed E-state index contributed by atoms with van der Waals surface area (Å²) in [4.78, 5) is 15.2. The number of carbonyl (C=O) groups excluding carboxylic acids is 1. The molecule has 126 valence electrons. The van der Waals surface area contributed by atoms with Gasteiger partial charge >= 0.3 is 0 Å². The summed E-state index contributed by atoms with van der Waals surface area (Å²) < 4.78 is 0. The summed E-state index contributed by atoms with van der Waals surface area (Å²) in [6, 6.07) is 16.4. The normalized spacial score (nSPS) is 19.1. The lowest BCUT2D eigenvalue weighted by Gasteiger charge is -2.27. The molecule has 3 heteroatoms. The Bertz CT molecular complexity index is 678. The van der Waals surface area contributed by atoms with Crippen molar-refractivity contribution in [2.45, 2.75) is 33.1 Å². The Labute approximate surface area is 144 Å². The topological polar surface area (TPSA) is 46.3 Å². The lowest BCUT2D eigenvalue weighted by Crippen LogP contribution is -2.30. The van der Waals surface area contributed by atoms with E-state index < -0.39 is 0 Å². The number of nitrogens with zero attached hydrogens (tertiary/aromatic N) is 1. The van der Waals surface area contributed by atoms with Crippen LogP contribution in [0, 0.1) is 11.8 Å². The molecule has 1 amide bonds. The highest BCUT2D eigenvalue weighted by molar-refractivity contribution is 6.04. The molecule has 0 spiro atoms. The molecule has 2 aromatic carbocycles. The van der Waals surface area contributed by atoms with Gasteiger partial charge in [0.15, 0.2) is 0 Å². The second-order valence-electron chi connectivity index (χ2n) is 6.48. The van der Waals surface area contributed by atoms with Crippen LogP contribution >= 0.6 is 0 Å². The Balaban J connectivity index is 2.09. The number of benzene rings is 2. The summed E-state index contributed by atoms with van der Waals surface area (Å²) in [5.74, 6) is 0.583. The van der Waals surface area contributed by atoms with Gasteiger partial charge < -0.3 is 5.73 Å². The Hall–Kier alpha value is -2.13. The van der Waals surface area contributed by atoms with Crippen LogP contribution in [0.3, 0.4) is 0 Å². The van der Waals surface area contributed by atoms with Gasteiger partial charge in [-0.1, -0.05) is 50.2 Å². The number of para-hydroxylation sites is 2. The first-order chi connectivity index (χ1) is 11.7. The van der Waals surface area contributed by atoms with Crippen LogP contribution < -0.4 is 10.6 Å². The third-order valence-corrected chi connectivity index (χ3v) is 4.99. The minimum absolute atomic E-state index is 0.0600. The van der Waals surface area contributed by atoms with Crippen molar-refractivity contribution in [3.63, 3.8) is 0 Å².